The fourth-order valence-electron chi connectivity index (χ4n) is 4.89. The molecule has 0 unspecified atom stereocenters. The molecule has 16 heteroatoms. The first kappa shape index (κ1) is 34.0. The van der Waals surface area contributed by atoms with E-state index < -0.39 is 36.4 Å². The van der Waals surface area contributed by atoms with Gasteiger partial charge in [0.05, 0.1) is 12.3 Å². The number of aromatic nitrogens is 3. The summed E-state index contributed by atoms with van der Waals surface area (Å²) in [5, 5.41) is 18.5. The molecule has 0 fully saturated rings. The molecule has 0 amide bonds. The number of alkyl halides is 6. The van der Waals surface area contributed by atoms with Crippen molar-refractivity contribution < 1.29 is 55.1 Å². The zero-order chi connectivity index (χ0) is 34.1. The lowest BCUT2D eigenvalue weighted by molar-refractivity contribution is -0.274. The zero-order valence-corrected chi connectivity index (χ0v) is 25.2. The summed E-state index contributed by atoms with van der Waals surface area (Å²) in [6.45, 7) is 0.587. The van der Waals surface area contributed by atoms with Gasteiger partial charge >= 0.3 is 12.5 Å². The number of ether oxygens (including phenoxy) is 1. The molecule has 0 saturated heterocycles. The maximum absolute atomic E-state index is 15.2. The van der Waals surface area contributed by atoms with Gasteiger partial charge in [-0.2, -0.15) is 13.2 Å². The molecule has 2 N–H and O–H groups in total. The standard InChI is InChI=1S/C31H24F7N3O5S/c1-16-39-26(30(33,34)35)14-41(16)24-8-5-18(19-12-23(32)22(15-44-43)25(13-19)47-2)11-21(24)29-28(40-27(45-29)9-10-42)17-3-6-20(7-4-17)46-31(36,37)38/h3-8,11-14,42-43H,9-10,15H2,1-2H3. The Balaban J connectivity index is 1.75. The van der Waals surface area contributed by atoms with Crippen molar-refractivity contribution in [1.29, 1.82) is 0 Å². The lowest BCUT2D eigenvalue weighted by atomic mass is 9.97. The highest BCUT2D eigenvalue weighted by Gasteiger charge is 2.35. The van der Waals surface area contributed by atoms with Crippen molar-refractivity contribution in [2.75, 3.05) is 12.9 Å². The van der Waals surface area contributed by atoms with Crippen LogP contribution in [-0.2, 0) is 24.1 Å². The van der Waals surface area contributed by atoms with Gasteiger partial charge < -0.3 is 18.8 Å². The number of imidazole rings is 1. The van der Waals surface area contributed by atoms with Gasteiger partial charge in [-0.15, -0.1) is 24.9 Å². The highest BCUT2D eigenvalue weighted by molar-refractivity contribution is 7.98. The van der Waals surface area contributed by atoms with Gasteiger partial charge in [-0.25, -0.2) is 19.2 Å². The molecule has 0 bridgehead atoms. The first-order chi connectivity index (χ1) is 22.2. The Morgan fingerprint density at radius 2 is 1.64 bits per heavy atom. The van der Waals surface area contributed by atoms with Gasteiger partial charge in [0.1, 0.15) is 29.7 Å². The number of hydrogen-bond acceptors (Lipinski definition) is 8. The third kappa shape index (κ3) is 7.45. The van der Waals surface area contributed by atoms with E-state index in [9.17, 15) is 31.4 Å². The third-order valence-corrected chi connectivity index (χ3v) is 7.75. The minimum absolute atomic E-state index is 0.00677. The largest absolute Gasteiger partial charge is 0.573 e. The molecule has 5 rings (SSSR count). The van der Waals surface area contributed by atoms with Crippen molar-refractivity contribution in [2.24, 2.45) is 0 Å². The number of aryl methyl sites for hydroxylation is 1. The first-order valence-electron chi connectivity index (χ1n) is 13.6. The zero-order valence-electron chi connectivity index (χ0n) is 24.4. The van der Waals surface area contributed by atoms with Crippen molar-refractivity contribution in [1.82, 2.24) is 14.5 Å². The molecule has 5 aromatic rings. The summed E-state index contributed by atoms with van der Waals surface area (Å²) in [6, 6.07) is 12.1. The molecular formula is C31H24F7N3O5S. The van der Waals surface area contributed by atoms with Crippen molar-refractivity contribution in [3.63, 3.8) is 0 Å². The number of benzene rings is 3. The summed E-state index contributed by atoms with van der Waals surface area (Å²) in [4.78, 5) is 12.7. The highest BCUT2D eigenvalue weighted by Crippen LogP contribution is 2.41. The Morgan fingerprint density at radius 1 is 0.936 bits per heavy atom. The summed E-state index contributed by atoms with van der Waals surface area (Å²) >= 11 is 1.20. The lowest BCUT2D eigenvalue weighted by Crippen LogP contribution is -2.16. The van der Waals surface area contributed by atoms with Crippen LogP contribution in [0.2, 0.25) is 0 Å². The summed E-state index contributed by atoms with van der Waals surface area (Å²) in [5.41, 5.74) is 0.430. The van der Waals surface area contributed by atoms with Gasteiger partial charge in [0.2, 0.25) is 0 Å². The normalized spacial score (nSPS) is 12.1. The second-order valence-electron chi connectivity index (χ2n) is 10.0. The predicted octanol–water partition coefficient (Wildman–Crippen LogP) is 8.47. The lowest BCUT2D eigenvalue weighted by Gasteiger charge is -2.15. The molecule has 47 heavy (non-hydrogen) atoms. The molecule has 0 aliphatic carbocycles. The number of aliphatic hydroxyl groups is 1. The quantitative estimate of drug-likeness (QED) is 0.0655. The maximum Gasteiger partial charge on any atom is 0.573 e. The molecule has 0 atom stereocenters. The van der Waals surface area contributed by atoms with Crippen molar-refractivity contribution in [3.8, 4) is 45.1 Å². The van der Waals surface area contributed by atoms with Gasteiger partial charge in [-0.1, -0.05) is 6.07 Å². The van der Waals surface area contributed by atoms with E-state index in [0.717, 1.165) is 18.3 Å². The maximum atomic E-state index is 15.2. The van der Waals surface area contributed by atoms with E-state index in [2.05, 4.69) is 19.6 Å². The molecular weight excluding hydrogens is 659 g/mol. The smallest absolute Gasteiger partial charge is 0.440 e. The molecule has 2 heterocycles. The van der Waals surface area contributed by atoms with Crippen LogP contribution < -0.4 is 4.74 Å². The van der Waals surface area contributed by atoms with Gasteiger partial charge in [-0.05, 0) is 72.8 Å². The number of aliphatic hydroxyl groups excluding tert-OH is 1. The first-order valence-corrected chi connectivity index (χ1v) is 14.8. The van der Waals surface area contributed by atoms with Gasteiger partial charge in [0, 0.05) is 34.2 Å². The summed E-state index contributed by atoms with van der Waals surface area (Å²) in [5.74, 6) is -1.17. The van der Waals surface area contributed by atoms with Crippen LogP contribution >= 0.6 is 11.8 Å². The van der Waals surface area contributed by atoms with Crippen LogP contribution in [0.3, 0.4) is 0 Å². The Bertz CT molecular complexity index is 1890. The van der Waals surface area contributed by atoms with Crippen molar-refractivity contribution in [3.05, 3.63) is 89.6 Å². The Hall–Kier alpha value is -4.38. The number of halogens is 7. The predicted molar refractivity (Wildman–Crippen MR) is 156 cm³/mol. The van der Waals surface area contributed by atoms with E-state index in [0.29, 0.717) is 16.0 Å². The van der Waals surface area contributed by atoms with Crippen LogP contribution in [0, 0.1) is 12.7 Å². The Labute approximate surface area is 266 Å². The third-order valence-electron chi connectivity index (χ3n) is 6.95. The average Bonchev–Trinajstić information content (AvgIpc) is 3.61. The summed E-state index contributed by atoms with van der Waals surface area (Å²) < 4.78 is 106. The van der Waals surface area contributed by atoms with Crippen LogP contribution in [0.1, 0.15) is 23.0 Å². The van der Waals surface area contributed by atoms with Gasteiger partial charge in [0.15, 0.2) is 17.3 Å². The van der Waals surface area contributed by atoms with Gasteiger partial charge in [0.25, 0.3) is 0 Å². The average molecular weight is 684 g/mol. The summed E-state index contributed by atoms with van der Waals surface area (Å²) in [6.07, 6.45) is -7.25. The van der Waals surface area contributed by atoms with E-state index in [1.165, 1.54) is 53.6 Å². The molecule has 0 saturated carbocycles. The van der Waals surface area contributed by atoms with E-state index in [4.69, 9.17) is 9.67 Å². The summed E-state index contributed by atoms with van der Waals surface area (Å²) in [7, 11) is 0. The fraction of sp³-hybridized carbons (Fsp3) is 0.226. The topological polar surface area (TPSA) is 103 Å². The molecule has 0 aliphatic heterocycles. The van der Waals surface area contributed by atoms with Crippen LogP contribution in [0.5, 0.6) is 5.75 Å². The molecule has 2 aromatic heterocycles. The molecule has 3 aromatic carbocycles. The Kier molecular flexibility index (Phi) is 9.68. The number of rotatable bonds is 10. The Morgan fingerprint density at radius 3 is 2.23 bits per heavy atom. The highest BCUT2D eigenvalue weighted by atomic mass is 32.2. The number of oxazole rings is 1. The van der Waals surface area contributed by atoms with Gasteiger partial charge in [-0.3, -0.25) is 5.26 Å². The number of hydrogen-bond donors (Lipinski definition) is 2. The molecule has 0 spiro atoms. The molecule has 8 nitrogen and oxygen atoms in total. The SMILES string of the molecule is CSc1cc(-c2ccc(-n3cc(C(F)(F)F)nc3C)c(-c3oc(CCO)nc3-c3ccc(OC(F)(F)F)cc3)c2)cc(F)c1COO. The second-order valence-corrected chi connectivity index (χ2v) is 10.9. The monoisotopic (exact) mass is 683 g/mol. The van der Waals surface area contributed by atoms with Crippen molar-refractivity contribution in [2.45, 2.75) is 37.4 Å². The van der Waals surface area contributed by atoms with E-state index in [-0.39, 0.29) is 58.6 Å². The van der Waals surface area contributed by atoms with Crippen LogP contribution in [0.15, 0.2) is 70.1 Å². The molecule has 0 radical (unpaired) electrons. The molecule has 248 valence electrons. The minimum Gasteiger partial charge on any atom is -0.440 e. The van der Waals surface area contributed by atoms with Crippen molar-refractivity contribution >= 4 is 11.8 Å². The van der Waals surface area contributed by atoms with E-state index in [1.54, 1.807) is 18.4 Å². The molecule has 0 aliphatic rings. The van der Waals surface area contributed by atoms with Crippen LogP contribution in [0.4, 0.5) is 30.7 Å². The minimum atomic E-state index is -4.93. The van der Waals surface area contributed by atoms with E-state index in [1.807, 2.05) is 0 Å². The van der Waals surface area contributed by atoms with Crippen LogP contribution in [0.25, 0.3) is 39.4 Å². The second kappa shape index (κ2) is 13.4. The fourth-order valence-corrected chi connectivity index (χ4v) is 5.53. The van der Waals surface area contributed by atoms with E-state index >= 15 is 4.39 Å². The number of thioether (sulfide) groups is 1. The van der Waals surface area contributed by atoms with Crippen LogP contribution in [-0.4, -0.2) is 44.1 Å². The number of nitrogens with zero attached hydrogens (tertiary/aromatic N) is 3.